The molecule has 3 nitrogen and oxygen atoms in total. The number of rotatable bonds is 5. The highest BCUT2D eigenvalue weighted by atomic mass is 35.5. The van der Waals surface area contributed by atoms with E-state index in [1.165, 1.54) is 0 Å². The lowest BCUT2D eigenvalue weighted by Gasteiger charge is -2.31. The number of nitrogens with one attached hydrogen (secondary N) is 1. The van der Waals surface area contributed by atoms with Crippen LogP contribution in [-0.4, -0.2) is 18.0 Å². The molecule has 0 aliphatic heterocycles. The molecule has 0 saturated heterocycles. The second kappa shape index (κ2) is 6.41. The smallest absolute Gasteiger partial charge is 0.253 e. The first-order chi connectivity index (χ1) is 8.48. The van der Waals surface area contributed by atoms with Gasteiger partial charge in [0.05, 0.1) is 16.1 Å². The number of carbonyl (C=O) groups excluding carboxylic acids is 1. The van der Waals surface area contributed by atoms with Gasteiger partial charge in [-0.3, -0.25) is 4.79 Å². The molecule has 0 radical (unpaired) electrons. The Morgan fingerprint density at radius 3 is 2.39 bits per heavy atom. The average Bonchev–Trinajstić information content (AvgIpc) is 2.36. The van der Waals surface area contributed by atoms with Gasteiger partial charge in [-0.05, 0) is 31.0 Å². The highest BCUT2D eigenvalue weighted by molar-refractivity contribution is 6.36. The lowest BCUT2D eigenvalue weighted by atomic mass is 9.92. The Labute approximate surface area is 118 Å². The fourth-order valence-electron chi connectivity index (χ4n) is 1.75. The normalized spacial score (nSPS) is 11.4. The van der Waals surface area contributed by atoms with Crippen LogP contribution >= 0.6 is 23.2 Å². The van der Waals surface area contributed by atoms with Crippen LogP contribution in [0, 0.1) is 0 Å². The molecule has 3 N–H and O–H groups in total. The summed E-state index contributed by atoms with van der Waals surface area (Å²) in [5.74, 6) is -0.217. The molecule has 0 atom stereocenters. The van der Waals surface area contributed by atoms with Gasteiger partial charge in [-0.1, -0.05) is 37.0 Å². The lowest BCUT2D eigenvalue weighted by Crippen LogP contribution is -2.52. The van der Waals surface area contributed by atoms with Gasteiger partial charge >= 0.3 is 0 Å². The van der Waals surface area contributed by atoms with Crippen LogP contribution in [0.1, 0.15) is 37.0 Å². The molecule has 0 aromatic heterocycles. The van der Waals surface area contributed by atoms with E-state index in [2.05, 4.69) is 5.32 Å². The summed E-state index contributed by atoms with van der Waals surface area (Å²) in [7, 11) is 0. The number of hydrogen-bond acceptors (Lipinski definition) is 2. The predicted octanol–water partition coefficient (Wildman–Crippen LogP) is 3.24. The summed E-state index contributed by atoms with van der Waals surface area (Å²) in [6, 6.07) is 4.82. The van der Waals surface area contributed by atoms with Crippen LogP contribution in [0.4, 0.5) is 0 Å². The first-order valence-electron chi connectivity index (χ1n) is 5.95. The molecule has 0 bridgehead atoms. The molecule has 0 spiro atoms. The zero-order valence-corrected chi connectivity index (χ0v) is 12.1. The summed E-state index contributed by atoms with van der Waals surface area (Å²) >= 11 is 11.8. The minimum absolute atomic E-state index is 0.217. The molecule has 0 aliphatic rings. The molecule has 1 amide bonds. The largest absolute Gasteiger partial charge is 0.345 e. The number of carbonyl (C=O) groups is 1. The second-order valence-corrected chi connectivity index (χ2v) is 5.11. The van der Waals surface area contributed by atoms with E-state index < -0.39 is 0 Å². The van der Waals surface area contributed by atoms with Gasteiger partial charge < -0.3 is 11.1 Å². The molecule has 0 fully saturated rings. The first-order valence-corrected chi connectivity index (χ1v) is 6.71. The van der Waals surface area contributed by atoms with Crippen molar-refractivity contribution in [3.8, 4) is 0 Å². The third-order valence-corrected chi connectivity index (χ3v) is 3.85. The van der Waals surface area contributed by atoms with E-state index in [4.69, 9.17) is 28.9 Å². The highest BCUT2D eigenvalue weighted by Crippen LogP contribution is 2.22. The summed E-state index contributed by atoms with van der Waals surface area (Å²) in [5.41, 5.74) is 5.79. The fraction of sp³-hybridized carbons (Fsp3) is 0.462. The van der Waals surface area contributed by atoms with Crippen molar-refractivity contribution < 1.29 is 4.79 Å². The predicted molar refractivity (Wildman–Crippen MR) is 76.3 cm³/mol. The molecule has 0 saturated carbocycles. The van der Waals surface area contributed by atoms with Crippen molar-refractivity contribution in [1.29, 1.82) is 0 Å². The van der Waals surface area contributed by atoms with Crippen molar-refractivity contribution in [3.05, 3.63) is 33.8 Å². The van der Waals surface area contributed by atoms with E-state index >= 15 is 0 Å². The van der Waals surface area contributed by atoms with Crippen LogP contribution in [0.2, 0.25) is 10.0 Å². The van der Waals surface area contributed by atoms with Gasteiger partial charge in [0, 0.05) is 11.6 Å². The van der Waals surface area contributed by atoms with Crippen molar-refractivity contribution in [2.45, 2.75) is 32.2 Å². The maximum Gasteiger partial charge on any atom is 0.253 e. The highest BCUT2D eigenvalue weighted by Gasteiger charge is 2.27. The zero-order valence-electron chi connectivity index (χ0n) is 10.6. The molecule has 100 valence electrons. The maximum atomic E-state index is 12.2. The minimum atomic E-state index is -0.375. The van der Waals surface area contributed by atoms with Crippen molar-refractivity contribution >= 4 is 29.1 Å². The van der Waals surface area contributed by atoms with E-state index in [1.807, 2.05) is 13.8 Å². The summed E-state index contributed by atoms with van der Waals surface area (Å²) in [4.78, 5) is 12.2. The van der Waals surface area contributed by atoms with E-state index in [0.717, 1.165) is 12.8 Å². The Morgan fingerprint density at radius 1 is 1.33 bits per heavy atom. The van der Waals surface area contributed by atoms with Gasteiger partial charge in [0.15, 0.2) is 0 Å². The first kappa shape index (κ1) is 15.3. The molecule has 1 aromatic rings. The standard InChI is InChI=1S/C13H18Cl2N2O/c1-3-13(4-2,8-16)17-12(18)10-6-5-9(14)7-11(10)15/h5-7H,3-4,8,16H2,1-2H3,(H,17,18). The maximum absolute atomic E-state index is 12.2. The monoisotopic (exact) mass is 288 g/mol. The molecule has 1 rings (SSSR count). The van der Waals surface area contributed by atoms with Crippen molar-refractivity contribution in [3.63, 3.8) is 0 Å². The van der Waals surface area contributed by atoms with Crippen LogP contribution in [0.3, 0.4) is 0 Å². The topological polar surface area (TPSA) is 55.1 Å². The number of benzene rings is 1. The Hall–Kier alpha value is -0.770. The van der Waals surface area contributed by atoms with Crippen molar-refractivity contribution in [1.82, 2.24) is 5.32 Å². The molecule has 0 unspecified atom stereocenters. The fourth-order valence-corrected chi connectivity index (χ4v) is 2.24. The number of amides is 1. The van der Waals surface area contributed by atoms with Gasteiger partial charge in [-0.2, -0.15) is 0 Å². The van der Waals surface area contributed by atoms with Crippen LogP contribution in [-0.2, 0) is 0 Å². The van der Waals surface area contributed by atoms with Crippen molar-refractivity contribution in [2.24, 2.45) is 5.73 Å². The summed E-state index contributed by atoms with van der Waals surface area (Å²) in [6.07, 6.45) is 1.55. The van der Waals surface area contributed by atoms with Crippen molar-refractivity contribution in [2.75, 3.05) is 6.54 Å². The number of halogens is 2. The third-order valence-electron chi connectivity index (χ3n) is 3.30. The Morgan fingerprint density at radius 2 is 1.94 bits per heavy atom. The molecular weight excluding hydrogens is 271 g/mol. The average molecular weight is 289 g/mol. The summed E-state index contributed by atoms with van der Waals surface area (Å²) in [5, 5.41) is 3.82. The van der Waals surface area contributed by atoms with E-state index in [9.17, 15) is 4.79 Å². The van der Waals surface area contributed by atoms with Gasteiger partial charge in [0.25, 0.3) is 5.91 Å². The molecule has 5 heteroatoms. The molecule has 0 heterocycles. The van der Waals surface area contributed by atoms with E-state index in [1.54, 1.807) is 18.2 Å². The Balaban J connectivity index is 2.94. The third kappa shape index (κ3) is 3.37. The minimum Gasteiger partial charge on any atom is -0.345 e. The molecule has 18 heavy (non-hydrogen) atoms. The van der Waals surface area contributed by atoms with Crippen LogP contribution < -0.4 is 11.1 Å². The SMILES string of the molecule is CCC(CC)(CN)NC(=O)c1ccc(Cl)cc1Cl. The molecular formula is C13H18Cl2N2O. The zero-order chi connectivity index (χ0) is 13.8. The summed E-state index contributed by atoms with van der Waals surface area (Å²) in [6.45, 7) is 4.40. The van der Waals surface area contributed by atoms with Crippen LogP contribution in [0.5, 0.6) is 0 Å². The Kier molecular flexibility index (Phi) is 5.45. The van der Waals surface area contributed by atoms with Crippen LogP contribution in [0.25, 0.3) is 0 Å². The van der Waals surface area contributed by atoms with Crippen LogP contribution in [0.15, 0.2) is 18.2 Å². The van der Waals surface area contributed by atoms with Gasteiger partial charge in [0.1, 0.15) is 0 Å². The summed E-state index contributed by atoms with van der Waals surface area (Å²) < 4.78 is 0. The quantitative estimate of drug-likeness (QED) is 0.874. The van der Waals surface area contributed by atoms with E-state index in [0.29, 0.717) is 22.2 Å². The lowest BCUT2D eigenvalue weighted by molar-refractivity contribution is 0.0895. The van der Waals surface area contributed by atoms with Gasteiger partial charge in [-0.25, -0.2) is 0 Å². The van der Waals surface area contributed by atoms with E-state index in [-0.39, 0.29) is 11.4 Å². The Bertz CT molecular complexity index is 423. The van der Waals surface area contributed by atoms with Gasteiger partial charge in [-0.15, -0.1) is 0 Å². The van der Waals surface area contributed by atoms with Gasteiger partial charge in [0.2, 0.25) is 0 Å². The molecule has 1 aromatic carbocycles. The number of hydrogen-bond donors (Lipinski definition) is 2. The number of nitrogens with two attached hydrogens (primary N) is 1. The molecule has 0 aliphatic carbocycles. The second-order valence-electron chi connectivity index (χ2n) is 4.27.